The Morgan fingerprint density at radius 2 is 1.86 bits per heavy atom. The molecule has 6 atom stereocenters. The van der Waals surface area contributed by atoms with Gasteiger partial charge in [0.2, 0.25) is 0 Å². The highest BCUT2D eigenvalue weighted by Crippen LogP contribution is 2.64. The molecule has 204 valence electrons. The van der Waals surface area contributed by atoms with Gasteiger partial charge in [-0.15, -0.1) is 0 Å². The Balaban J connectivity index is 1.75. The summed E-state index contributed by atoms with van der Waals surface area (Å²) in [6.45, 7) is 12.9. The minimum absolute atomic E-state index is 0.0147. The Kier molecular flexibility index (Phi) is 8.46. The Morgan fingerprint density at radius 3 is 2.47 bits per heavy atom. The highest BCUT2D eigenvalue weighted by molar-refractivity contribution is 5.86. The number of Topliss-reactive ketones (excluding diaryl/α,β-unsaturated/α-hetero) is 1. The average molecular weight is 506 g/mol. The summed E-state index contributed by atoms with van der Waals surface area (Å²) >= 11 is 0. The second-order valence-electron chi connectivity index (χ2n) is 13.2. The SMILES string of the molecule is CC1/C(=C/C(=O)OCCN(C)C)CCC2C1C(=O)CC1C(C)(C)C(OC(=O)CC(C)(C)O)CCC21C. The molecule has 0 amide bonds. The molecule has 7 nitrogen and oxygen atoms in total. The molecule has 0 radical (unpaired) electrons. The molecule has 0 heterocycles. The number of carbonyl (C=O) groups is 3. The van der Waals surface area contributed by atoms with E-state index in [-0.39, 0.29) is 64.7 Å². The molecule has 0 bridgehead atoms. The number of hydrogen-bond acceptors (Lipinski definition) is 7. The number of likely N-dealkylation sites (N-methyl/N-ethyl adjacent to an activating group) is 1. The molecule has 1 N–H and O–H groups in total. The number of allylic oxidation sites excluding steroid dienone is 1. The largest absolute Gasteiger partial charge is 0.462 e. The molecule has 0 aromatic carbocycles. The highest BCUT2D eigenvalue weighted by atomic mass is 16.5. The zero-order valence-electron chi connectivity index (χ0n) is 23.6. The monoisotopic (exact) mass is 505 g/mol. The zero-order valence-corrected chi connectivity index (χ0v) is 23.6. The molecule has 36 heavy (non-hydrogen) atoms. The first-order valence-corrected chi connectivity index (χ1v) is 13.5. The minimum Gasteiger partial charge on any atom is -0.462 e. The summed E-state index contributed by atoms with van der Waals surface area (Å²) in [4.78, 5) is 40.5. The molecule has 0 saturated heterocycles. The Morgan fingerprint density at radius 1 is 1.19 bits per heavy atom. The molecule has 3 aliphatic rings. The number of ether oxygens (including phenoxy) is 2. The Labute approximate surface area is 217 Å². The van der Waals surface area contributed by atoms with Crippen LogP contribution >= 0.6 is 0 Å². The molecule has 3 aliphatic carbocycles. The van der Waals surface area contributed by atoms with Crippen molar-refractivity contribution in [3.8, 4) is 0 Å². The van der Waals surface area contributed by atoms with Crippen molar-refractivity contribution in [1.82, 2.24) is 4.90 Å². The second kappa shape index (κ2) is 10.6. The van der Waals surface area contributed by atoms with E-state index in [1.54, 1.807) is 19.9 Å². The van der Waals surface area contributed by atoms with Crippen molar-refractivity contribution in [3.05, 3.63) is 11.6 Å². The summed E-state index contributed by atoms with van der Waals surface area (Å²) in [5.74, 6) is -0.166. The normalized spacial score (nSPS) is 35.2. The van der Waals surface area contributed by atoms with E-state index in [2.05, 4.69) is 27.7 Å². The van der Waals surface area contributed by atoms with Gasteiger partial charge in [0.15, 0.2) is 0 Å². The van der Waals surface area contributed by atoms with Crippen molar-refractivity contribution < 1.29 is 29.0 Å². The van der Waals surface area contributed by atoms with Gasteiger partial charge in [-0.25, -0.2) is 4.79 Å². The Hall–Kier alpha value is -1.73. The van der Waals surface area contributed by atoms with Crippen LogP contribution in [0, 0.1) is 34.5 Å². The standard InChI is InChI=1S/C29H47NO6/c1-18-19(15-24(32)35-14-13-30(7)8)9-10-20-26(18)21(31)16-22-28(4,5)23(11-12-29(20,22)6)36-25(33)17-27(2,3)34/h15,18,20,22-23,26,34H,9-14,16-17H2,1-8H3/b19-15+. The van der Waals surface area contributed by atoms with Gasteiger partial charge in [-0.2, -0.15) is 0 Å². The van der Waals surface area contributed by atoms with Crippen LogP contribution in [0.4, 0.5) is 0 Å². The maximum atomic E-state index is 13.6. The quantitative estimate of drug-likeness (QED) is 0.410. The van der Waals surface area contributed by atoms with Gasteiger partial charge in [-0.05, 0) is 76.8 Å². The summed E-state index contributed by atoms with van der Waals surface area (Å²) < 4.78 is 11.3. The second-order valence-corrected chi connectivity index (χ2v) is 13.2. The zero-order chi connectivity index (χ0) is 27.1. The van der Waals surface area contributed by atoms with Crippen molar-refractivity contribution >= 4 is 17.7 Å². The lowest BCUT2D eigenvalue weighted by Crippen LogP contribution is -2.60. The summed E-state index contributed by atoms with van der Waals surface area (Å²) in [5, 5.41) is 10.0. The predicted molar refractivity (Wildman–Crippen MR) is 138 cm³/mol. The van der Waals surface area contributed by atoms with Crippen molar-refractivity contribution in [2.45, 2.75) is 91.8 Å². The lowest BCUT2D eigenvalue weighted by atomic mass is 9.42. The molecular formula is C29H47NO6. The summed E-state index contributed by atoms with van der Waals surface area (Å²) in [6.07, 6.45) is 5.10. The third-order valence-electron chi connectivity index (χ3n) is 9.33. The number of rotatable bonds is 7. The topological polar surface area (TPSA) is 93.1 Å². The minimum atomic E-state index is -1.11. The smallest absolute Gasteiger partial charge is 0.330 e. The average Bonchev–Trinajstić information content (AvgIpc) is 2.72. The van der Waals surface area contributed by atoms with E-state index in [9.17, 15) is 19.5 Å². The van der Waals surface area contributed by atoms with Gasteiger partial charge >= 0.3 is 11.9 Å². The van der Waals surface area contributed by atoms with Crippen molar-refractivity contribution in [2.24, 2.45) is 34.5 Å². The number of ketones is 1. The Bertz CT molecular complexity index is 885. The van der Waals surface area contributed by atoms with Gasteiger partial charge in [0.1, 0.15) is 18.5 Å². The summed E-state index contributed by atoms with van der Waals surface area (Å²) in [7, 11) is 3.87. The molecule has 0 aliphatic heterocycles. The number of hydrogen-bond donors (Lipinski definition) is 1. The fourth-order valence-electron chi connectivity index (χ4n) is 7.38. The molecule has 3 fully saturated rings. The van der Waals surface area contributed by atoms with Crippen molar-refractivity contribution in [1.29, 1.82) is 0 Å². The van der Waals surface area contributed by atoms with E-state index < -0.39 is 5.60 Å². The van der Waals surface area contributed by atoms with Gasteiger partial charge in [0.05, 0.1) is 12.0 Å². The number of esters is 2. The van der Waals surface area contributed by atoms with E-state index in [0.29, 0.717) is 19.6 Å². The third-order valence-corrected chi connectivity index (χ3v) is 9.33. The molecule has 3 rings (SSSR count). The molecule has 7 heteroatoms. The van der Waals surface area contributed by atoms with Crippen LogP contribution in [0.2, 0.25) is 0 Å². The number of carbonyl (C=O) groups excluding carboxylic acids is 3. The predicted octanol–water partition coefficient (Wildman–Crippen LogP) is 4.17. The van der Waals surface area contributed by atoms with Gasteiger partial charge in [0, 0.05) is 30.4 Å². The van der Waals surface area contributed by atoms with Crippen LogP contribution in [-0.2, 0) is 23.9 Å². The van der Waals surface area contributed by atoms with Gasteiger partial charge in [0.25, 0.3) is 0 Å². The third kappa shape index (κ3) is 6.04. The van der Waals surface area contributed by atoms with Crippen molar-refractivity contribution in [2.75, 3.05) is 27.2 Å². The van der Waals surface area contributed by atoms with Crippen LogP contribution < -0.4 is 0 Å². The van der Waals surface area contributed by atoms with E-state index in [0.717, 1.165) is 31.3 Å². The summed E-state index contributed by atoms with van der Waals surface area (Å²) in [6, 6.07) is 0. The number of aliphatic hydroxyl groups is 1. The highest BCUT2D eigenvalue weighted by Gasteiger charge is 2.62. The first kappa shape index (κ1) is 28.8. The van der Waals surface area contributed by atoms with Crippen molar-refractivity contribution in [3.63, 3.8) is 0 Å². The van der Waals surface area contributed by atoms with Crippen LogP contribution in [0.3, 0.4) is 0 Å². The van der Waals surface area contributed by atoms with Gasteiger partial charge in [-0.1, -0.05) is 33.3 Å². The fraction of sp³-hybridized carbons (Fsp3) is 0.828. The lowest BCUT2D eigenvalue weighted by Gasteiger charge is -2.62. The maximum absolute atomic E-state index is 13.6. The van der Waals surface area contributed by atoms with Crippen LogP contribution in [-0.4, -0.2) is 66.7 Å². The van der Waals surface area contributed by atoms with Crippen LogP contribution in [0.5, 0.6) is 0 Å². The first-order valence-electron chi connectivity index (χ1n) is 13.5. The molecular weight excluding hydrogens is 458 g/mol. The molecule has 0 spiro atoms. The molecule has 3 saturated carbocycles. The van der Waals surface area contributed by atoms with E-state index in [1.807, 2.05) is 19.0 Å². The molecule has 6 unspecified atom stereocenters. The van der Waals surface area contributed by atoms with E-state index in [1.165, 1.54) is 0 Å². The maximum Gasteiger partial charge on any atom is 0.330 e. The van der Waals surface area contributed by atoms with Gasteiger partial charge in [-0.3, -0.25) is 9.59 Å². The lowest BCUT2D eigenvalue weighted by molar-refractivity contribution is -0.191. The summed E-state index contributed by atoms with van der Waals surface area (Å²) in [5.41, 5.74) is -0.471. The number of fused-ring (bicyclic) bond motifs is 3. The fourth-order valence-corrected chi connectivity index (χ4v) is 7.38. The van der Waals surface area contributed by atoms with E-state index >= 15 is 0 Å². The van der Waals surface area contributed by atoms with Crippen LogP contribution in [0.25, 0.3) is 0 Å². The van der Waals surface area contributed by atoms with Crippen LogP contribution in [0.15, 0.2) is 11.6 Å². The molecule has 0 aromatic rings. The molecule has 0 aromatic heterocycles. The first-order chi connectivity index (χ1) is 16.6. The van der Waals surface area contributed by atoms with E-state index in [4.69, 9.17) is 9.47 Å². The van der Waals surface area contributed by atoms with Crippen LogP contribution in [0.1, 0.15) is 80.1 Å². The number of nitrogens with zero attached hydrogens (tertiary/aromatic N) is 1. The van der Waals surface area contributed by atoms with Gasteiger partial charge < -0.3 is 19.5 Å².